The van der Waals surface area contributed by atoms with Crippen LogP contribution in [-0.2, 0) is 20.5 Å². The van der Waals surface area contributed by atoms with E-state index in [4.69, 9.17) is 4.74 Å². The van der Waals surface area contributed by atoms with E-state index in [2.05, 4.69) is 17.0 Å². The Kier molecular flexibility index (Phi) is 5.27. The molecule has 0 spiro atoms. The van der Waals surface area contributed by atoms with Gasteiger partial charge in [-0.1, -0.05) is 42.5 Å². The maximum Gasteiger partial charge on any atom is 0.218 e. The number of halogens is 1. The molecule has 0 amide bonds. The second-order valence-electron chi connectivity index (χ2n) is 7.10. The molecule has 0 aliphatic carbocycles. The summed E-state index contributed by atoms with van der Waals surface area (Å²) in [6, 6.07) is 16.0. The number of hydrogen-bond acceptors (Lipinski definition) is 4. The summed E-state index contributed by atoms with van der Waals surface area (Å²) in [6.45, 7) is 2.72. The summed E-state index contributed by atoms with van der Waals surface area (Å²) in [7, 11) is -3.45. The Balaban J connectivity index is 1.47. The van der Waals surface area contributed by atoms with E-state index in [9.17, 15) is 12.8 Å². The molecule has 0 N–H and O–H groups in total. The van der Waals surface area contributed by atoms with Gasteiger partial charge < -0.3 is 4.74 Å². The summed E-state index contributed by atoms with van der Waals surface area (Å²) in [5.41, 5.74) is 1.80. The highest BCUT2D eigenvalue weighted by atomic mass is 32.2. The second-order valence-corrected chi connectivity index (χ2v) is 9.07. The predicted octanol–water partition coefficient (Wildman–Crippen LogP) is 2.41. The zero-order valence-electron chi connectivity index (χ0n) is 15.0. The molecule has 144 valence electrons. The van der Waals surface area contributed by atoms with Crippen LogP contribution >= 0.6 is 0 Å². The van der Waals surface area contributed by atoms with Crippen LogP contribution in [-0.4, -0.2) is 56.5 Å². The first kappa shape index (κ1) is 18.6. The monoisotopic (exact) mass is 390 g/mol. The van der Waals surface area contributed by atoms with E-state index in [0.29, 0.717) is 38.4 Å². The molecule has 2 aromatic rings. The average molecular weight is 390 g/mol. The van der Waals surface area contributed by atoms with Crippen molar-refractivity contribution in [1.29, 1.82) is 0 Å². The van der Waals surface area contributed by atoms with E-state index in [0.717, 1.165) is 0 Å². The molecule has 2 fully saturated rings. The summed E-state index contributed by atoms with van der Waals surface area (Å²) in [6.07, 6.45) is 0. The van der Waals surface area contributed by atoms with Crippen LogP contribution < -0.4 is 0 Å². The van der Waals surface area contributed by atoms with Gasteiger partial charge in [0.05, 0.1) is 25.0 Å². The third-order valence-corrected chi connectivity index (χ3v) is 7.13. The Hall–Kier alpha value is -1.80. The van der Waals surface area contributed by atoms with E-state index in [1.165, 1.54) is 29.8 Å². The number of nitrogens with zero attached hydrogens (tertiary/aromatic N) is 2. The van der Waals surface area contributed by atoms with Crippen molar-refractivity contribution < 1.29 is 17.5 Å². The number of hydrogen-bond donors (Lipinski definition) is 0. The minimum atomic E-state index is -3.45. The van der Waals surface area contributed by atoms with Crippen LogP contribution in [0.5, 0.6) is 0 Å². The van der Waals surface area contributed by atoms with E-state index < -0.39 is 10.0 Å². The molecule has 2 heterocycles. The summed E-state index contributed by atoms with van der Waals surface area (Å²) in [5, 5.41) is 0. The maximum atomic E-state index is 13.1. The van der Waals surface area contributed by atoms with Gasteiger partial charge >= 0.3 is 0 Å². The SMILES string of the molecule is O=S(=O)(Cc1ccc(F)cc1)N1CCN2[C@@H](COC[C@@H]2c2ccccc2)C1. The Morgan fingerprint density at radius 2 is 1.74 bits per heavy atom. The van der Waals surface area contributed by atoms with E-state index in [-0.39, 0.29) is 23.7 Å². The maximum absolute atomic E-state index is 13.1. The van der Waals surface area contributed by atoms with Gasteiger partial charge in [0.2, 0.25) is 10.0 Å². The largest absolute Gasteiger partial charge is 0.378 e. The van der Waals surface area contributed by atoms with Gasteiger partial charge in [-0.15, -0.1) is 0 Å². The molecule has 2 saturated heterocycles. The topological polar surface area (TPSA) is 49.9 Å². The number of ether oxygens (including phenoxy) is 1. The number of benzene rings is 2. The predicted molar refractivity (Wildman–Crippen MR) is 101 cm³/mol. The van der Waals surface area contributed by atoms with Crippen molar-refractivity contribution in [2.45, 2.75) is 17.8 Å². The van der Waals surface area contributed by atoms with Gasteiger partial charge in [0.1, 0.15) is 5.82 Å². The molecule has 5 nitrogen and oxygen atoms in total. The first-order chi connectivity index (χ1) is 13.0. The normalized spacial score (nSPS) is 24.5. The van der Waals surface area contributed by atoms with Crippen molar-refractivity contribution in [2.75, 3.05) is 32.8 Å². The molecular weight excluding hydrogens is 367 g/mol. The van der Waals surface area contributed by atoms with Crippen LogP contribution in [0.3, 0.4) is 0 Å². The third kappa shape index (κ3) is 4.06. The molecule has 0 bridgehead atoms. The lowest BCUT2D eigenvalue weighted by Crippen LogP contribution is -2.60. The number of sulfonamides is 1. The van der Waals surface area contributed by atoms with Crippen molar-refractivity contribution in [2.24, 2.45) is 0 Å². The summed E-state index contributed by atoms with van der Waals surface area (Å²) < 4.78 is 46.1. The highest BCUT2D eigenvalue weighted by molar-refractivity contribution is 7.88. The van der Waals surface area contributed by atoms with Gasteiger partial charge in [-0.2, -0.15) is 4.31 Å². The van der Waals surface area contributed by atoms with Gasteiger partial charge in [0.25, 0.3) is 0 Å². The van der Waals surface area contributed by atoms with Gasteiger partial charge in [0.15, 0.2) is 0 Å². The lowest BCUT2D eigenvalue weighted by molar-refractivity contribution is -0.0709. The van der Waals surface area contributed by atoms with Crippen molar-refractivity contribution >= 4 is 10.0 Å². The lowest BCUT2D eigenvalue weighted by Gasteiger charge is -2.47. The second kappa shape index (κ2) is 7.67. The van der Waals surface area contributed by atoms with E-state index >= 15 is 0 Å². The minimum Gasteiger partial charge on any atom is -0.378 e. The Morgan fingerprint density at radius 1 is 1.00 bits per heavy atom. The van der Waals surface area contributed by atoms with Crippen LogP contribution in [0.1, 0.15) is 17.2 Å². The Morgan fingerprint density at radius 3 is 2.48 bits per heavy atom. The Bertz CT molecular complexity index is 874. The number of rotatable bonds is 4. The first-order valence-electron chi connectivity index (χ1n) is 9.14. The number of morpholine rings is 1. The van der Waals surface area contributed by atoms with E-state index in [1.54, 1.807) is 4.31 Å². The smallest absolute Gasteiger partial charge is 0.218 e. The molecule has 2 aliphatic heterocycles. The zero-order valence-corrected chi connectivity index (χ0v) is 15.8. The number of fused-ring (bicyclic) bond motifs is 1. The highest BCUT2D eigenvalue weighted by Crippen LogP contribution is 2.30. The zero-order chi connectivity index (χ0) is 18.9. The summed E-state index contributed by atoms with van der Waals surface area (Å²) in [4.78, 5) is 2.36. The molecule has 2 aliphatic rings. The van der Waals surface area contributed by atoms with Crippen LogP contribution in [0.2, 0.25) is 0 Å². The molecule has 0 saturated carbocycles. The molecule has 0 radical (unpaired) electrons. The van der Waals surface area contributed by atoms with Crippen LogP contribution in [0, 0.1) is 5.82 Å². The summed E-state index contributed by atoms with van der Waals surface area (Å²) in [5.74, 6) is -0.473. The average Bonchev–Trinajstić information content (AvgIpc) is 2.69. The Labute approximate surface area is 159 Å². The molecule has 2 aromatic carbocycles. The van der Waals surface area contributed by atoms with Gasteiger partial charge in [-0.25, -0.2) is 12.8 Å². The van der Waals surface area contributed by atoms with Gasteiger partial charge in [-0.05, 0) is 23.3 Å². The molecule has 0 unspecified atom stereocenters. The summed E-state index contributed by atoms with van der Waals surface area (Å²) >= 11 is 0. The molecule has 0 aromatic heterocycles. The molecular formula is C20H23FN2O3S. The fourth-order valence-corrected chi connectivity index (χ4v) is 5.46. The minimum absolute atomic E-state index is 0.0423. The first-order valence-corrected chi connectivity index (χ1v) is 10.7. The van der Waals surface area contributed by atoms with Crippen molar-refractivity contribution in [1.82, 2.24) is 9.21 Å². The van der Waals surface area contributed by atoms with Crippen LogP contribution in [0.15, 0.2) is 54.6 Å². The lowest BCUT2D eigenvalue weighted by atomic mass is 10.0. The molecule has 27 heavy (non-hydrogen) atoms. The van der Waals surface area contributed by atoms with Crippen LogP contribution in [0.25, 0.3) is 0 Å². The van der Waals surface area contributed by atoms with Gasteiger partial charge in [-0.3, -0.25) is 4.90 Å². The standard InChI is InChI=1S/C20H23FN2O3S/c21-18-8-6-16(7-9-18)15-27(24,25)22-10-11-23-19(12-22)13-26-14-20(23)17-4-2-1-3-5-17/h1-9,19-20H,10-15H2/t19-,20-/m1/s1. The third-order valence-electron chi connectivity index (χ3n) is 5.32. The fraction of sp³-hybridized carbons (Fsp3) is 0.400. The fourth-order valence-electron chi connectivity index (χ4n) is 3.91. The van der Waals surface area contributed by atoms with Crippen molar-refractivity contribution in [3.63, 3.8) is 0 Å². The number of piperazine rings is 1. The van der Waals surface area contributed by atoms with Crippen molar-refractivity contribution in [3.05, 3.63) is 71.5 Å². The molecule has 2 atom stereocenters. The van der Waals surface area contributed by atoms with E-state index in [1.807, 2.05) is 18.2 Å². The van der Waals surface area contributed by atoms with Crippen molar-refractivity contribution in [3.8, 4) is 0 Å². The highest BCUT2D eigenvalue weighted by Gasteiger charge is 2.39. The quantitative estimate of drug-likeness (QED) is 0.805. The molecule has 7 heteroatoms. The molecule has 4 rings (SSSR count). The van der Waals surface area contributed by atoms with Crippen LogP contribution in [0.4, 0.5) is 4.39 Å². The van der Waals surface area contributed by atoms with Gasteiger partial charge in [0, 0.05) is 25.7 Å².